The fourth-order valence-corrected chi connectivity index (χ4v) is 3.97. The molecule has 2 aliphatic carbocycles. The van der Waals surface area contributed by atoms with E-state index in [1.807, 2.05) is 0 Å². The Morgan fingerprint density at radius 3 is 2.64 bits per heavy atom. The van der Waals surface area contributed by atoms with Crippen molar-refractivity contribution in [2.24, 2.45) is 16.7 Å². The van der Waals surface area contributed by atoms with Crippen molar-refractivity contribution >= 4 is 0 Å². The predicted molar refractivity (Wildman–Crippen MR) is 59.9 cm³/mol. The van der Waals surface area contributed by atoms with Gasteiger partial charge in [0, 0.05) is 6.04 Å². The third kappa shape index (κ3) is 1.21. The van der Waals surface area contributed by atoms with E-state index in [1.165, 1.54) is 19.3 Å². The van der Waals surface area contributed by atoms with Crippen molar-refractivity contribution in [1.29, 1.82) is 0 Å². The molecule has 2 saturated carbocycles. The van der Waals surface area contributed by atoms with Gasteiger partial charge in [-0.25, -0.2) is 0 Å². The highest BCUT2D eigenvalue weighted by atomic mass is 15.0. The van der Waals surface area contributed by atoms with E-state index >= 15 is 0 Å². The molecule has 0 aromatic heterocycles. The predicted octanol–water partition coefficient (Wildman–Crippen LogP) is 2.42. The summed E-state index contributed by atoms with van der Waals surface area (Å²) >= 11 is 0. The Morgan fingerprint density at radius 1 is 1.43 bits per heavy atom. The van der Waals surface area contributed by atoms with Crippen molar-refractivity contribution in [1.82, 2.24) is 5.32 Å². The van der Waals surface area contributed by atoms with E-state index < -0.39 is 0 Å². The van der Waals surface area contributed by atoms with Gasteiger partial charge in [-0.1, -0.05) is 26.7 Å². The molecule has 0 aromatic carbocycles. The molecule has 0 aliphatic heterocycles. The van der Waals surface area contributed by atoms with E-state index in [0.717, 1.165) is 12.5 Å². The van der Waals surface area contributed by atoms with Crippen LogP contribution in [-0.4, -0.2) is 12.6 Å². The Balaban J connectivity index is 2.18. The summed E-state index contributed by atoms with van der Waals surface area (Å²) in [7, 11) is 0. The fourth-order valence-electron chi connectivity index (χ4n) is 3.97. The molecule has 0 heterocycles. The minimum Gasteiger partial charge on any atom is -0.302 e. The highest BCUT2D eigenvalue weighted by Crippen LogP contribution is 2.62. The van der Waals surface area contributed by atoms with Gasteiger partial charge in [-0.15, -0.1) is 6.42 Å². The molecular formula is C13H21N. The number of terminal acetylenes is 1. The molecule has 0 radical (unpaired) electrons. The zero-order valence-electron chi connectivity index (χ0n) is 9.56. The van der Waals surface area contributed by atoms with Gasteiger partial charge in [-0.2, -0.15) is 0 Å². The van der Waals surface area contributed by atoms with E-state index in [-0.39, 0.29) is 0 Å². The molecule has 3 atom stereocenters. The maximum Gasteiger partial charge on any atom is 0.0576 e. The number of fused-ring (bicyclic) bond motifs is 2. The average Bonchev–Trinajstić information content (AvgIpc) is 2.55. The summed E-state index contributed by atoms with van der Waals surface area (Å²) in [6, 6.07) is 0.616. The van der Waals surface area contributed by atoms with Gasteiger partial charge in [0.25, 0.3) is 0 Å². The first-order valence-electron chi connectivity index (χ1n) is 5.67. The van der Waals surface area contributed by atoms with E-state index in [2.05, 4.69) is 32.0 Å². The molecule has 1 unspecified atom stereocenters. The lowest BCUT2D eigenvalue weighted by Gasteiger charge is -2.43. The standard InChI is InChI=1S/C13H21N/c1-5-8-14-11-12(2,3)10-6-7-13(11,4)9-10/h1,10-11,14H,6-9H2,2-4H3/t10-,11?,13+/m0/s1. The average molecular weight is 191 g/mol. The van der Waals surface area contributed by atoms with E-state index in [1.54, 1.807) is 0 Å². The van der Waals surface area contributed by atoms with Gasteiger partial charge in [0.1, 0.15) is 0 Å². The second-order valence-corrected chi connectivity index (χ2v) is 5.93. The van der Waals surface area contributed by atoms with Crippen LogP contribution in [0, 0.1) is 29.1 Å². The number of nitrogens with one attached hydrogen (secondary N) is 1. The molecule has 2 fully saturated rings. The van der Waals surface area contributed by atoms with Crippen molar-refractivity contribution in [2.45, 2.75) is 46.1 Å². The Hall–Kier alpha value is -0.480. The molecule has 1 heteroatoms. The minimum absolute atomic E-state index is 0.434. The van der Waals surface area contributed by atoms with Crippen LogP contribution in [-0.2, 0) is 0 Å². The van der Waals surface area contributed by atoms with Gasteiger partial charge in [0.15, 0.2) is 0 Å². The normalized spacial score (nSPS) is 43.9. The van der Waals surface area contributed by atoms with Gasteiger partial charge in [-0.05, 0) is 36.0 Å². The van der Waals surface area contributed by atoms with Crippen LogP contribution >= 0.6 is 0 Å². The Morgan fingerprint density at radius 2 is 2.14 bits per heavy atom. The molecule has 14 heavy (non-hydrogen) atoms. The lowest BCUT2D eigenvalue weighted by atomic mass is 9.68. The van der Waals surface area contributed by atoms with Crippen LogP contribution in [0.1, 0.15) is 40.0 Å². The van der Waals surface area contributed by atoms with Crippen molar-refractivity contribution in [3.63, 3.8) is 0 Å². The molecule has 0 saturated heterocycles. The largest absolute Gasteiger partial charge is 0.302 e. The summed E-state index contributed by atoms with van der Waals surface area (Å²) in [5, 5.41) is 3.56. The molecule has 1 nitrogen and oxygen atoms in total. The second kappa shape index (κ2) is 3.00. The van der Waals surface area contributed by atoms with Gasteiger partial charge < -0.3 is 5.32 Å². The molecule has 78 valence electrons. The van der Waals surface area contributed by atoms with Crippen molar-refractivity contribution in [3.8, 4) is 12.3 Å². The molecule has 0 amide bonds. The van der Waals surface area contributed by atoms with Crippen LogP contribution in [0.4, 0.5) is 0 Å². The topological polar surface area (TPSA) is 12.0 Å². The Kier molecular flexibility index (Phi) is 2.16. The van der Waals surface area contributed by atoms with Crippen molar-refractivity contribution in [3.05, 3.63) is 0 Å². The molecule has 0 aromatic rings. The van der Waals surface area contributed by atoms with Gasteiger partial charge in [0.05, 0.1) is 6.54 Å². The smallest absolute Gasteiger partial charge is 0.0576 e. The van der Waals surface area contributed by atoms with Crippen molar-refractivity contribution in [2.75, 3.05) is 6.54 Å². The van der Waals surface area contributed by atoms with Crippen LogP contribution < -0.4 is 5.32 Å². The van der Waals surface area contributed by atoms with Crippen LogP contribution in [0.25, 0.3) is 0 Å². The molecule has 0 spiro atoms. The molecule has 2 aliphatic rings. The third-order valence-electron chi connectivity index (χ3n) is 4.68. The fraction of sp³-hybridized carbons (Fsp3) is 0.846. The molecular weight excluding hydrogens is 170 g/mol. The highest BCUT2D eigenvalue weighted by molar-refractivity contribution is 5.12. The summed E-state index contributed by atoms with van der Waals surface area (Å²) in [5.41, 5.74) is 0.939. The van der Waals surface area contributed by atoms with E-state index in [4.69, 9.17) is 6.42 Å². The molecule has 2 bridgehead atoms. The zero-order valence-corrected chi connectivity index (χ0v) is 9.56. The second-order valence-electron chi connectivity index (χ2n) is 5.93. The summed E-state index contributed by atoms with van der Waals surface area (Å²) in [5.74, 6) is 3.60. The number of hydrogen-bond acceptors (Lipinski definition) is 1. The first-order valence-corrected chi connectivity index (χ1v) is 5.67. The van der Waals surface area contributed by atoms with E-state index in [0.29, 0.717) is 16.9 Å². The highest BCUT2D eigenvalue weighted by Gasteiger charge is 2.58. The summed E-state index contributed by atoms with van der Waals surface area (Å²) < 4.78 is 0. The van der Waals surface area contributed by atoms with Crippen LogP contribution in [0.15, 0.2) is 0 Å². The summed E-state index contributed by atoms with van der Waals surface area (Å²) in [4.78, 5) is 0. The van der Waals surface area contributed by atoms with Crippen LogP contribution in [0.2, 0.25) is 0 Å². The van der Waals surface area contributed by atoms with E-state index in [9.17, 15) is 0 Å². The maximum absolute atomic E-state index is 5.32. The summed E-state index contributed by atoms with van der Waals surface area (Å²) in [6.45, 7) is 7.94. The first kappa shape index (κ1) is 10.1. The number of rotatable bonds is 2. The minimum atomic E-state index is 0.434. The SMILES string of the molecule is C#CCNC1C(C)(C)[C@H]2CC[C@]1(C)C2. The monoisotopic (exact) mass is 191 g/mol. The Bertz CT molecular complexity index is 269. The number of hydrogen-bond donors (Lipinski definition) is 1. The lowest BCUT2D eigenvalue weighted by molar-refractivity contribution is 0.113. The summed E-state index contributed by atoms with van der Waals surface area (Å²) in [6.07, 6.45) is 9.51. The lowest BCUT2D eigenvalue weighted by Crippen LogP contribution is -2.50. The van der Waals surface area contributed by atoms with Crippen LogP contribution in [0.3, 0.4) is 0 Å². The van der Waals surface area contributed by atoms with Crippen molar-refractivity contribution < 1.29 is 0 Å². The van der Waals surface area contributed by atoms with Crippen LogP contribution in [0.5, 0.6) is 0 Å². The Labute approximate surface area is 87.7 Å². The zero-order chi connectivity index (χ0) is 10.4. The maximum atomic E-state index is 5.32. The molecule has 2 rings (SSSR count). The van der Waals surface area contributed by atoms with Gasteiger partial charge in [0.2, 0.25) is 0 Å². The van der Waals surface area contributed by atoms with Gasteiger partial charge >= 0.3 is 0 Å². The molecule has 1 N–H and O–H groups in total. The van der Waals surface area contributed by atoms with Gasteiger partial charge in [-0.3, -0.25) is 0 Å². The first-order chi connectivity index (χ1) is 6.50. The third-order valence-corrected chi connectivity index (χ3v) is 4.68. The quantitative estimate of drug-likeness (QED) is 0.661.